The summed E-state index contributed by atoms with van der Waals surface area (Å²) in [4.78, 5) is 10.8. The Morgan fingerprint density at radius 1 is 1.50 bits per heavy atom. The van der Waals surface area contributed by atoms with E-state index in [1.165, 1.54) is 5.01 Å². The number of rotatable bonds is 4. The third-order valence-electron chi connectivity index (χ3n) is 2.06. The van der Waals surface area contributed by atoms with Gasteiger partial charge in [-0.2, -0.15) is 0 Å². The molecule has 0 fully saturated rings. The highest BCUT2D eigenvalue weighted by atomic mass is 35.5. The third-order valence-corrected chi connectivity index (χ3v) is 2.31. The second-order valence-electron chi connectivity index (χ2n) is 2.79. The van der Waals surface area contributed by atoms with Crippen LogP contribution in [0.5, 0.6) is 0 Å². The van der Waals surface area contributed by atoms with E-state index in [-0.39, 0.29) is 0 Å². The first-order chi connectivity index (χ1) is 5.54. The summed E-state index contributed by atoms with van der Waals surface area (Å²) in [6.45, 7) is 6.95. The quantitative estimate of drug-likeness (QED) is 0.388. The zero-order chi connectivity index (χ0) is 9.72. The number of carbonyl (C=O) groups excluding carboxylic acids is 1. The molecule has 3 nitrogen and oxygen atoms in total. The smallest absolute Gasteiger partial charge is 0.265 e. The lowest BCUT2D eigenvalue weighted by molar-refractivity contribution is 0.0151. The normalized spacial score (nSPS) is 13.2. The maximum absolute atomic E-state index is 10.8. The lowest BCUT2D eigenvalue weighted by Crippen LogP contribution is -2.46. The average molecular weight is 193 g/mol. The van der Waals surface area contributed by atoms with E-state index in [4.69, 9.17) is 11.6 Å². The first kappa shape index (κ1) is 11.7. The van der Waals surface area contributed by atoms with Crippen molar-refractivity contribution >= 4 is 17.0 Å². The van der Waals surface area contributed by atoms with Crippen LogP contribution in [0.1, 0.15) is 27.2 Å². The van der Waals surface area contributed by atoms with Gasteiger partial charge >= 0.3 is 5.37 Å². The van der Waals surface area contributed by atoms with E-state index in [1.807, 2.05) is 11.9 Å². The molecular formula is C8H17ClN2O. The van der Waals surface area contributed by atoms with Crippen molar-refractivity contribution in [2.75, 3.05) is 13.6 Å². The summed E-state index contributed by atoms with van der Waals surface area (Å²) in [6.07, 6.45) is 1.00. The Kier molecular flexibility index (Phi) is 5.25. The lowest BCUT2D eigenvalue weighted by atomic mass is 10.2. The molecule has 0 saturated carbocycles. The van der Waals surface area contributed by atoms with Gasteiger partial charge in [0, 0.05) is 19.6 Å². The van der Waals surface area contributed by atoms with E-state index in [0.29, 0.717) is 6.04 Å². The summed E-state index contributed by atoms with van der Waals surface area (Å²) in [7, 11) is 1.69. The van der Waals surface area contributed by atoms with Crippen LogP contribution in [-0.2, 0) is 0 Å². The number of hydrogen-bond acceptors (Lipinski definition) is 2. The fourth-order valence-corrected chi connectivity index (χ4v) is 1.23. The van der Waals surface area contributed by atoms with E-state index < -0.39 is 5.37 Å². The van der Waals surface area contributed by atoms with Gasteiger partial charge in [0.15, 0.2) is 0 Å². The Labute approximate surface area is 79.2 Å². The molecule has 72 valence electrons. The van der Waals surface area contributed by atoms with Gasteiger partial charge in [-0.25, -0.2) is 5.01 Å². The Bertz CT molecular complexity index is 152. The highest BCUT2D eigenvalue weighted by Gasteiger charge is 2.17. The number of amides is 1. The molecule has 0 aliphatic carbocycles. The van der Waals surface area contributed by atoms with Crippen LogP contribution < -0.4 is 0 Å². The van der Waals surface area contributed by atoms with Gasteiger partial charge in [-0.05, 0) is 24.9 Å². The number of nitrogens with zero attached hydrogens (tertiary/aromatic N) is 2. The first-order valence-corrected chi connectivity index (χ1v) is 4.62. The minimum absolute atomic E-state index is 0.350. The molecule has 0 aromatic carbocycles. The number of halogens is 1. The molecule has 0 bridgehead atoms. The van der Waals surface area contributed by atoms with Crippen LogP contribution in [0.2, 0.25) is 0 Å². The molecule has 1 atom stereocenters. The van der Waals surface area contributed by atoms with Gasteiger partial charge in [0.2, 0.25) is 0 Å². The molecule has 0 heterocycles. The summed E-state index contributed by atoms with van der Waals surface area (Å²) in [5, 5.41) is 2.96. The van der Waals surface area contributed by atoms with Crippen LogP contribution in [0.3, 0.4) is 0 Å². The molecule has 1 amide bonds. The van der Waals surface area contributed by atoms with Crippen molar-refractivity contribution in [3.8, 4) is 0 Å². The van der Waals surface area contributed by atoms with Gasteiger partial charge in [-0.1, -0.05) is 13.8 Å². The zero-order valence-corrected chi connectivity index (χ0v) is 8.93. The standard InChI is InChI=1S/C8H17ClN2O/c1-5-7(3)11(6-2)10(4)8(9)12/h7H,5-6H2,1-4H3. The van der Waals surface area contributed by atoms with Crippen LogP contribution in [0.25, 0.3) is 0 Å². The molecular weight excluding hydrogens is 176 g/mol. The van der Waals surface area contributed by atoms with Crippen molar-refractivity contribution in [3.05, 3.63) is 0 Å². The van der Waals surface area contributed by atoms with Crippen molar-refractivity contribution in [1.29, 1.82) is 0 Å². The van der Waals surface area contributed by atoms with E-state index in [2.05, 4.69) is 13.8 Å². The fraction of sp³-hybridized carbons (Fsp3) is 0.875. The summed E-state index contributed by atoms with van der Waals surface area (Å²) in [6, 6.07) is 0.350. The zero-order valence-electron chi connectivity index (χ0n) is 8.17. The predicted octanol–water partition coefficient (Wildman–Crippen LogP) is 2.31. The number of hydrogen-bond donors (Lipinski definition) is 0. The molecule has 0 radical (unpaired) electrons. The van der Waals surface area contributed by atoms with E-state index in [1.54, 1.807) is 7.05 Å². The Morgan fingerprint density at radius 2 is 2.00 bits per heavy atom. The summed E-state index contributed by atoms with van der Waals surface area (Å²) in [5.74, 6) is 0. The summed E-state index contributed by atoms with van der Waals surface area (Å²) < 4.78 is 0. The van der Waals surface area contributed by atoms with Crippen LogP contribution >= 0.6 is 11.6 Å². The molecule has 0 rings (SSSR count). The number of carbonyl (C=O) groups is 1. The lowest BCUT2D eigenvalue weighted by Gasteiger charge is -2.33. The molecule has 0 aromatic rings. The second kappa shape index (κ2) is 5.38. The van der Waals surface area contributed by atoms with Gasteiger partial charge in [-0.3, -0.25) is 9.80 Å². The summed E-state index contributed by atoms with van der Waals surface area (Å²) >= 11 is 5.35. The molecule has 0 spiro atoms. The van der Waals surface area contributed by atoms with Crippen molar-refractivity contribution in [2.45, 2.75) is 33.2 Å². The topological polar surface area (TPSA) is 23.6 Å². The second-order valence-corrected chi connectivity index (χ2v) is 3.11. The monoisotopic (exact) mass is 192 g/mol. The maximum Gasteiger partial charge on any atom is 0.330 e. The highest BCUT2D eigenvalue weighted by Crippen LogP contribution is 2.07. The molecule has 0 aliphatic heterocycles. The van der Waals surface area contributed by atoms with Crippen LogP contribution in [0.4, 0.5) is 4.79 Å². The van der Waals surface area contributed by atoms with Crippen molar-refractivity contribution < 1.29 is 4.79 Å². The molecule has 0 aromatic heterocycles. The van der Waals surface area contributed by atoms with Crippen molar-refractivity contribution in [1.82, 2.24) is 10.0 Å². The fourth-order valence-electron chi connectivity index (χ4n) is 1.13. The Morgan fingerprint density at radius 3 is 2.25 bits per heavy atom. The van der Waals surface area contributed by atoms with Gasteiger partial charge < -0.3 is 0 Å². The van der Waals surface area contributed by atoms with Crippen molar-refractivity contribution in [3.63, 3.8) is 0 Å². The minimum Gasteiger partial charge on any atom is -0.265 e. The van der Waals surface area contributed by atoms with Gasteiger partial charge in [0.05, 0.1) is 0 Å². The van der Waals surface area contributed by atoms with E-state index in [9.17, 15) is 4.79 Å². The van der Waals surface area contributed by atoms with Crippen LogP contribution in [0, 0.1) is 0 Å². The minimum atomic E-state index is -0.433. The molecule has 0 N–H and O–H groups in total. The van der Waals surface area contributed by atoms with E-state index >= 15 is 0 Å². The maximum atomic E-state index is 10.8. The van der Waals surface area contributed by atoms with Crippen molar-refractivity contribution in [2.24, 2.45) is 0 Å². The molecule has 4 heteroatoms. The van der Waals surface area contributed by atoms with Gasteiger partial charge in [0.1, 0.15) is 0 Å². The average Bonchev–Trinajstić information content (AvgIpc) is 2.05. The Hall–Kier alpha value is -0.280. The summed E-state index contributed by atoms with van der Waals surface area (Å²) in [5.41, 5.74) is 0. The highest BCUT2D eigenvalue weighted by molar-refractivity contribution is 6.62. The number of hydrazine groups is 1. The van der Waals surface area contributed by atoms with Gasteiger partial charge in [-0.15, -0.1) is 0 Å². The van der Waals surface area contributed by atoms with E-state index in [0.717, 1.165) is 13.0 Å². The molecule has 0 saturated heterocycles. The Balaban J connectivity index is 4.23. The van der Waals surface area contributed by atoms with Crippen LogP contribution in [-0.4, -0.2) is 35.0 Å². The molecule has 12 heavy (non-hydrogen) atoms. The predicted molar refractivity (Wildman–Crippen MR) is 51.1 cm³/mol. The SMILES string of the molecule is CCC(C)N(CC)N(C)C(=O)Cl. The van der Waals surface area contributed by atoms with Crippen LogP contribution in [0.15, 0.2) is 0 Å². The first-order valence-electron chi connectivity index (χ1n) is 4.24. The molecule has 0 aliphatic rings. The third kappa shape index (κ3) is 2.99. The van der Waals surface area contributed by atoms with Gasteiger partial charge in [0.25, 0.3) is 0 Å². The largest absolute Gasteiger partial charge is 0.330 e. The molecule has 1 unspecified atom stereocenters.